The van der Waals surface area contributed by atoms with E-state index >= 15 is 0 Å². The van der Waals surface area contributed by atoms with Gasteiger partial charge in [0.15, 0.2) is 0 Å². The largest absolute Gasteiger partial charge is 0.339 e. The van der Waals surface area contributed by atoms with E-state index in [0.717, 1.165) is 12.1 Å². The van der Waals surface area contributed by atoms with Gasteiger partial charge in [-0.25, -0.2) is 4.39 Å². The van der Waals surface area contributed by atoms with Gasteiger partial charge in [0, 0.05) is 14.1 Å². The molecular formula is C9H8ClFN2O3S. The molecular weight excluding hydrogens is 271 g/mol. The molecule has 0 fully saturated rings. The fourth-order valence-electron chi connectivity index (χ4n) is 0.962. The van der Waals surface area contributed by atoms with Crippen molar-refractivity contribution in [2.75, 3.05) is 14.1 Å². The molecule has 0 unspecified atom stereocenters. The highest BCUT2D eigenvalue weighted by molar-refractivity contribution is 8.13. The van der Waals surface area contributed by atoms with Gasteiger partial charge in [-0.2, -0.15) is 0 Å². The Bertz CT molecular complexity index is 482. The van der Waals surface area contributed by atoms with E-state index in [1.54, 1.807) is 0 Å². The van der Waals surface area contributed by atoms with E-state index in [9.17, 15) is 19.3 Å². The molecule has 0 heterocycles. The molecule has 0 saturated heterocycles. The summed E-state index contributed by atoms with van der Waals surface area (Å²) in [7, 11) is 3.00. The summed E-state index contributed by atoms with van der Waals surface area (Å²) in [6.07, 6.45) is 0. The summed E-state index contributed by atoms with van der Waals surface area (Å²) in [5.74, 6) is -0.816. The number of amides is 1. The molecule has 0 aliphatic heterocycles. The van der Waals surface area contributed by atoms with Crippen molar-refractivity contribution >= 4 is 34.3 Å². The summed E-state index contributed by atoms with van der Waals surface area (Å²) in [6, 6.07) is 1.66. The van der Waals surface area contributed by atoms with Gasteiger partial charge in [0.2, 0.25) is 0 Å². The summed E-state index contributed by atoms with van der Waals surface area (Å²) in [4.78, 5) is 22.6. The van der Waals surface area contributed by atoms with Gasteiger partial charge in [-0.05, 0) is 17.8 Å². The molecule has 0 aliphatic rings. The van der Waals surface area contributed by atoms with Crippen LogP contribution in [0.1, 0.15) is 0 Å². The van der Waals surface area contributed by atoms with Gasteiger partial charge in [0.05, 0.1) is 16.0 Å². The molecule has 1 aromatic carbocycles. The third-order valence-electron chi connectivity index (χ3n) is 1.74. The number of carbonyl (C=O) groups excluding carboxylic acids is 1. The van der Waals surface area contributed by atoms with Crippen LogP contribution in [0.2, 0.25) is 5.02 Å². The number of nitrogens with zero attached hydrogens (tertiary/aromatic N) is 2. The Labute approximate surface area is 106 Å². The first-order chi connectivity index (χ1) is 7.82. The van der Waals surface area contributed by atoms with Crippen LogP contribution in [0.4, 0.5) is 14.9 Å². The van der Waals surface area contributed by atoms with E-state index in [1.807, 2.05) is 0 Å². The molecule has 0 aromatic heterocycles. The second-order valence-corrected chi connectivity index (χ2v) is 4.62. The van der Waals surface area contributed by atoms with Crippen LogP contribution in [0.25, 0.3) is 0 Å². The second-order valence-electron chi connectivity index (χ2n) is 3.26. The van der Waals surface area contributed by atoms with E-state index in [1.165, 1.54) is 19.0 Å². The lowest BCUT2D eigenvalue weighted by molar-refractivity contribution is -0.387. The van der Waals surface area contributed by atoms with Gasteiger partial charge in [-0.1, -0.05) is 11.6 Å². The molecule has 1 aromatic rings. The van der Waals surface area contributed by atoms with Crippen LogP contribution >= 0.6 is 23.4 Å². The summed E-state index contributed by atoms with van der Waals surface area (Å²) < 4.78 is 13.0. The zero-order valence-corrected chi connectivity index (χ0v) is 10.5. The highest BCUT2D eigenvalue weighted by Crippen LogP contribution is 2.37. The SMILES string of the molecule is CN(C)C(=O)Sc1c(Cl)cc(F)cc1[N+](=O)[O-]. The van der Waals surface area contributed by atoms with Crippen molar-refractivity contribution < 1.29 is 14.1 Å². The predicted octanol–water partition coefficient (Wildman–Crippen LogP) is 3.16. The fourth-order valence-corrected chi connectivity index (χ4v) is 2.03. The number of nitro groups is 1. The number of rotatable bonds is 2. The maximum atomic E-state index is 13.0. The van der Waals surface area contributed by atoms with Crippen LogP contribution in [0.5, 0.6) is 0 Å². The van der Waals surface area contributed by atoms with Crippen molar-refractivity contribution in [1.82, 2.24) is 4.90 Å². The number of hydrogen-bond donors (Lipinski definition) is 0. The summed E-state index contributed by atoms with van der Waals surface area (Å²) in [5.41, 5.74) is -0.518. The molecule has 0 spiro atoms. The Kier molecular flexibility index (Phi) is 4.30. The molecule has 1 rings (SSSR count). The van der Waals surface area contributed by atoms with Crippen LogP contribution in [0.15, 0.2) is 17.0 Å². The lowest BCUT2D eigenvalue weighted by atomic mass is 10.3. The summed E-state index contributed by atoms with van der Waals surface area (Å²) in [5, 5.41) is 10.1. The lowest BCUT2D eigenvalue weighted by Crippen LogP contribution is -2.16. The number of halogens is 2. The highest BCUT2D eigenvalue weighted by atomic mass is 35.5. The van der Waals surface area contributed by atoms with Gasteiger partial charge < -0.3 is 4.90 Å². The van der Waals surface area contributed by atoms with E-state index in [4.69, 9.17) is 11.6 Å². The molecule has 1 amide bonds. The summed E-state index contributed by atoms with van der Waals surface area (Å²) in [6.45, 7) is 0. The van der Waals surface area contributed by atoms with Crippen molar-refractivity contribution in [1.29, 1.82) is 0 Å². The Hall–Kier alpha value is -1.34. The minimum atomic E-state index is -0.816. The smallest absolute Gasteiger partial charge is 0.287 e. The zero-order chi connectivity index (χ0) is 13.2. The third-order valence-corrected chi connectivity index (χ3v) is 3.32. The quantitative estimate of drug-likeness (QED) is 0.473. The maximum absolute atomic E-state index is 13.0. The number of hydrogen-bond acceptors (Lipinski definition) is 4. The number of benzene rings is 1. The monoisotopic (exact) mass is 278 g/mol. The number of thioether (sulfide) groups is 1. The van der Waals surface area contributed by atoms with Crippen LogP contribution in [-0.2, 0) is 0 Å². The Morgan fingerprint density at radius 3 is 2.59 bits per heavy atom. The number of nitro benzene ring substituents is 1. The highest BCUT2D eigenvalue weighted by Gasteiger charge is 2.23. The van der Waals surface area contributed by atoms with Crippen molar-refractivity contribution in [3.05, 3.63) is 33.1 Å². The average Bonchev–Trinajstić information content (AvgIpc) is 2.20. The van der Waals surface area contributed by atoms with Crippen LogP contribution in [0, 0.1) is 15.9 Å². The van der Waals surface area contributed by atoms with Gasteiger partial charge >= 0.3 is 0 Å². The third kappa shape index (κ3) is 3.31. The number of carbonyl (C=O) groups is 1. The predicted molar refractivity (Wildman–Crippen MR) is 63.0 cm³/mol. The normalized spacial score (nSPS) is 10.1. The van der Waals surface area contributed by atoms with Crippen molar-refractivity contribution in [2.45, 2.75) is 4.90 Å². The van der Waals surface area contributed by atoms with E-state index < -0.39 is 21.7 Å². The lowest BCUT2D eigenvalue weighted by Gasteiger charge is -2.10. The van der Waals surface area contributed by atoms with E-state index in [0.29, 0.717) is 11.8 Å². The van der Waals surface area contributed by atoms with Crippen LogP contribution in [-0.4, -0.2) is 29.2 Å². The molecule has 17 heavy (non-hydrogen) atoms. The molecule has 0 radical (unpaired) electrons. The first kappa shape index (κ1) is 13.7. The molecule has 0 bridgehead atoms. The fraction of sp³-hybridized carbons (Fsp3) is 0.222. The summed E-state index contributed by atoms with van der Waals surface area (Å²) >= 11 is 6.28. The minimum absolute atomic E-state index is 0.0585. The van der Waals surface area contributed by atoms with Crippen LogP contribution in [0.3, 0.4) is 0 Å². The topological polar surface area (TPSA) is 63.5 Å². The molecule has 0 N–H and O–H groups in total. The van der Waals surface area contributed by atoms with Gasteiger partial charge in [-0.15, -0.1) is 0 Å². The van der Waals surface area contributed by atoms with Crippen molar-refractivity contribution in [3.8, 4) is 0 Å². The van der Waals surface area contributed by atoms with Crippen molar-refractivity contribution in [2.24, 2.45) is 0 Å². The van der Waals surface area contributed by atoms with Crippen LogP contribution < -0.4 is 0 Å². The van der Waals surface area contributed by atoms with Gasteiger partial charge in [-0.3, -0.25) is 14.9 Å². The molecule has 8 heteroatoms. The standard InChI is InChI=1S/C9H8ClFN2O3S/c1-12(2)9(14)17-8-6(10)3-5(11)4-7(8)13(15)16/h3-4H,1-2H3. The van der Waals surface area contributed by atoms with Gasteiger partial charge in [0.1, 0.15) is 10.7 Å². The zero-order valence-electron chi connectivity index (χ0n) is 8.94. The Morgan fingerprint density at radius 2 is 2.12 bits per heavy atom. The first-order valence-corrected chi connectivity index (χ1v) is 5.55. The van der Waals surface area contributed by atoms with E-state index in [2.05, 4.69) is 0 Å². The second kappa shape index (κ2) is 5.33. The van der Waals surface area contributed by atoms with E-state index in [-0.39, 0.29) is 9.92 Å². The Balaban J connectivity index is 3.22. The molecule has 0 atom stereocenters. The molecule has 0 aliphatic carbocycles. The van der Waals surface area contributed by atoms with Gasteiger partial charge in [0.25, 0.3) is 10.9 Å². The average molecular weight is 279 g/mol. The maximum Gasteiger partial charge on any atom is 0.287 e. The molecule has 0 saturated carbocycles. The van der Waals surface area contributed by atoms with Crippen molar-refractivity contribution in [3.63, 3.8) is 0 Å². The molecule has 92 valence electrons. The Morgan fingerprint density at radius 1 is 1.53 bits per heavy atom. The first-order valence-electron chi connectivity index (χ1n) is 4.35. The minimum Gasteiger partial charge on any atom is -0.339 e. The molecule has 5 nitrogen and oxygen atoms in total.